The van der Waals surface area contributed by atoms with Crippen LogP contribution in [0.2, 0.25) is 0 Å². The summed E-state index contributed by atoms with van der Waals surface area (Å²) in [6.07, 6.45) is 1.21. The minimum Gasteiger partial charge on any atom is -0.493 e. The van der Waals surface area contributed by atoms with Crippen LogP contribution in [0.3, 0.4) is 0 Å². The Hall–Kier alpha value is -3.12. The van der Waals surface area contributed by atoms with Crippen molar-refractivity contribution < 1.29 is 19.4 Å². The third-order valence-electron chi connectivity index (χ3n) is 4.93. The normalized spacial score (nSPS) is 11.1. The van der Waals surface area contributed by atoms with Crippen molar-refractivity contribution >= 4 is 49.9 Å². The summed E-state index contributed by atoms with van der Waals surface area (Å²) in [6.45, 7) is 0.852. The fourth-order valence-electron chi connectivity index (χ4n) is 3.69. The molecular weight excluding hydrogens is 434 g/mol. The number of carbonyl (C=O) groups is 2. The number of fused-ring (bicyclic) bond motifs is 2. The SMILES string of the molecule is O=Cc1c(C(=O)O)n(CCCOc2cccc3ccccc23)c2cccc(Br)c12. The Morgan fingerprint density at radius 2 is 1.83 bits per heavy atom. The predicted octanol–water partition coefficient (Wildman–Crippen LogP) is 5.54. The molecule has 0 saturated heterocycles. The van der Waals surface area contributed by atoms with Crippen molar-refractivity contribution in [3.8, 4) is 5.75 Å². The zero-order chi connectivity index (χ0) is 20.4. The van der Waals surface area contributed by atoms with Crippen LogP contribution in [0.1, 0.15) is 27.3 Å². The lowest BCUT2D eigenvalue weighted by Gasteiger charge is -2.11. The van der Waals surface area contributed by atoms with Crippen LogP contribution in [0.25, 0.3) is 21.7 Å². The van der Waals surface area contributed by atoms with Gasteiger partial charge in [0.15, 0.2) is 6.29 Å². The zero-order valence-electron chi connectivity index (χ0n) is 15.5. The van der Waals surface area contributed by atoms with Crippen molar-refractivity contribution in [1.82, 2.24) is 4.57 Å². The van der Waals surface area contributed by atoms with E-state index in [1.807, 2.05) is 54.6 Å². The molecule has 3 aromatic carbocycles. The highest BCUT2D eigenvalue weighted by Crippen LogP contribution is 2.32. The molecule has 0 atom stereocenters. The highest BCUT2D eigenvalue weighted by Gasteiger charge is 2.23. The van der Waals surface area contributed by atoms with Gasteiger partial charge in [-0.3, -0.25) is 4.79 Å². The van der Waals surface area contributed by atoms with Crippen molar-refractivity contribution in [3.05, 3.63) is 76.4 Å². The quantitative estimate of drug-likeness (QED) is 0.296. The van der Waals surface area contributed by atoms with Gasteiger partial charge in [0.2, 0.25) is 0 Å². The van der Waals surface area contributed by atoms with Crippen LogP contribution in [0.15, 0.2) is 65.1 Å². The Balaban J connectivity index is 1.59. The molecule has 4 aromatic rings. The summed E-state index contributed by atoms with van der Waals surface area (Å²) < 4.78 is 8.35. The average Bonchev–Trinajstić information content (AvgIpc) is 3.06. The van der Waals surface area contributed by atoms with Crippen molar-refractivity contribution in [3.63, 3.8) is 0 Å². The minimum absolute atomic E-state index is 0.00654. The maximum atomic E-state index is 11.9. The summed E-state index contributed by atoms with van der Waals surface area (Å²) in [5, 5.41) is 12.5. The molecule has 0 saturated carbocycles. The number of aromatic nitrogens is 1. The van der Waals surface area contributed by atoms with Crippen LogP contribution in [0.5, 0.6) is 5.75 Å². The standard InChI is InChI=1S/C23H18BrNO4/c24-18-9-4-10-19-21(18)17(14-26)22(23(27)28)25(19)12-5-13-29-20-11-3-7-15-6-1-2-8-16(15)20/h1-4,6-11,14H,5,12-13H2,(H,27,28). The van der Waals surface area contributed by atoms with E-state index in [1.165, 1.54) is 0 Å². The van der Waals surface area contributed by atoms with Crippen LogP contribution < -0.4 is 4.74 Å². The Morgan fingerprint density at radius 1 is 1.07 bits per heavy atom. The number of aryl methyl sites for hydroxylation is 1. The maximum Gasteiger partial charge on any atom is 0.353 e. The van der Waals surface area contributed by atoms with Gasteiger partial charge in [-0.2, -0.15) is 0 Å². The Morgan fingerprint density at radius 3 is 2.62 bits per heavy atom. The van der Waals surface area contributed by atoms with E-state index >= 15 is 0 Å². The number of carboxylic acids is 1. The molecule has 0 aliphatic heterocycles. The first-order chi connectivity index (χ1) is 14.1. The van der Waals surface area contributed by atoms with E-state index in [2.05, 4.69) is 15.9 Å². The molecule has 0 bridgehead atoms. The molecule has 0 unspecified atom stereocenters. The van der Waals surface area contributed by atoms with Gasteiger partial charge in [-0.1, -0.05) is 58.4 Å². The monoisotopic (exact) mass is 451 g/mol. The van der Waals surface area contributed by atoms with E-state index in [9.17, 15) is 14.7 Å². The minimum atomic E-state index is -1.12. The first kappa shape index (κ1) is 19.2. The van der Waals surface area contributed by atoms with Gasteiger partial charge in [0, 0.05) is 21.8 Å². The van der Waals surface area contributed by atoms with E-state index in [-0.39, 0.29) is 11.3 Å². The second kappa shape index (κ2) is 8.09. The van der Waals surface area contributed by atoms with Crippen molar-refractivity contribution in [2.24, 2.45) is 0 Å². The molecule has 1 N–H and O–H groups in total. The van der Waals surface area contributed by atoms with E-state index in [1.54, 1.807) is 10.6 Å². The second-order valence-corrected chi connectivity index (χ2v) is 7.50. The van der Waals surface area contributed by atoms with Gasteiger partial charge in [0.1, 0.15) is 11.4 Å². The number of aldehydes is 1. The van der Waals surface area contributed by atoms with Crippen molar-refractivity contribution in [1.29, 1.82) is 0 Å². The Labute approximate surface area is 175 Å². The molecule has 29 heavy (non-hydrogen) atoms. The Kier molecular flexibility index (Phi) is 5.36. The van der Waals surface area contributed by atoms with E-state index in [4.69, 9.17) is 4.74 Å². The molecule has 0 aliphatic rings. The fourth-order valence-corrected chi connectivity index (χ4v) is 4.26. The van der Waals surface area contributed by atoms with Crippen LogP contribution in [-0.4, -0.2) is 28.5 Å². The predicted molar refractivity (Wildman–Crippen MR) is 116 cm³/mol. The summed E-state index contributed by atoms with van der Waals surface area (Å²) in [6, 6.07) is 19.4. The molecule has 0 aliphatic carbocycles. The first-order valence-corrected chi connectivity index (χ1v) is 10.0. The molecular formula is C23H18BrNO4. The number of ether oxygens (including phenoxy) is 1. The summed E-state index contributed by atoms with van der Waals surface area (Å²) in [4.78, 5) is 23.5. The van der Waals surface area contributed by atoms with E-state index in [0.29, 0.717) is 41.2 Å². The van der Waals surface area contributed by atoms with Gasteiger partial charge in [-0.15, -0.1) is 0 Å². The molecule has 0 radical (unpaired) electrons. The van der Waals surface area contributed by atoms with Crippen LogP contribution in [0, 0.1) is 0 Å². The molecule has 1 aromatic heterocycles. The molecule has 5 nitrogen and oxygen atoms in total. The summed E-state index contributed by atoms with van der Waals surface area (Å²) in [7, 11) is 0. The van der Waals surface area contributed by atoms with Gasteiger partial charge in [0.25, 0.3) is 0 Å². The second-order valence-electron chi connectivity index (χ2n) is 6.65. The number of hydrogen-bond donors (Lipinski definition) is 1. The number of aromatic carboxylic acids is 1. The molecule has 0 amide bonds. The molecule has 146 valence electrons. The summed E-state index contributed by atoms with van der Waals surface area (Å²) in [5.41, 5.74) is 0.908. The number of hydrogen-bond acceptors (Lipinski definition) is 3. The smallest absolute Gasteiger partial charge is 0.353 e. The van der Waals surface area contributed by atoms with Gasteiger partial charge in [0.05, 0.1) is 17.7 Å². The molecule has 4 rings (SSSR count). The first-order valence-electron chi connectivity index (χ1n) is 9.21. The molecule has 1 heterocycles. The summed E-state index contributed by atoms with van der Waals surface area (Å²) in [5.74, 6) is -0.319. The third kappa shape index (κ3) is 3.51. The van der Waals surface area contributed by atoms with Crippen LogP contribution in [-0.2, 0) is 6.54 Å². The largest absolute Gasteiger partial charge is 0.493 e. The topological polar surface area (TPSA) is 68.5 Å². The van der Waals surface area contributed by atoms with Crippen molar-refractivity contribution in [2.75, 3.05) is 6.61 Å². The molecule has 0 fully saturated rings. The summed E-state index contributed by atoms with van der Waals surface area (Å²) >= 11 is 3.43. The molecule has 0 spiro atoms. The van der Waals surface area contributed by atoms with Gasteiger partial charge >= 0.3 is 5.97 Å². The highest BCUT2D eigenvalue weighted by atomic mass is 79.9. The average molecular weight is 452 g/mol. The zero-order valence-corrected chi connectivity index (χ0v) is 17.1. The van der Waals surface area contributed by atoms with Gasteiger partial charge < -0.3 is 14.4 Å². The lowest BCUT2D eigenvalue weighted by Crippen LogP contribution is -2.12. The number of nitrogens with zero attached hydrogens (tertiary/aromatic N) is 1. The van der Waals surface area contributed by atoms with Gasteiger partial charge in [-0.05, 0) is 30.0 Å². The van der Waals surface area contributed by atoms with Crippen molar-refractivity contribution in [2.45, 2.75) is 13.0 Å². The Bertz CT molecular complexity index is 1220. The van der Waals surface area contributed by atoms with Crippen LogP contribution >= 0.6 is 15.9 Å². The van der Waals surface area contributed by atoms with Gasteiger partial charge in [-0.25, -0.2) is 4.79 Å². The lowest BCUT2D eigenvalue weighted by atomic mass is 10.1. The number of rotatable bonds is 7. The fraction of sp³-hybridized carbons (Fsp3) is 0.130. The number of benzene rings is 3. The highest BCUT2D eigenvalue weighted by molar-refractivity contribution is 9.10. The number of halogens is 1. The maximum absolute atomic E-state index is 11.9. The molecule has 6 heteroatoms. The van der Waals surface area contributed by atoms with E-state index < -0.39 is 5.97 Å². The number of carboxylic acid groups (broad SMARTS) is 1. The third-order valence-corrected chi connectivity index (χ3v) is 5.59. The van der Waals surface area contributed by atoms with E-state index in [0.717, 1.165) is 16.5 Å². The van der Waals surface area contributed by atoms with Crippen LogP contribution in [0.4, 0.5) is 0 Å². The number of carbonyl (C=O) groups excluding carboxylic acids is 1. The lowest BCUT2D eigenvalue weighted by molar-refractivity contribution is 0.0682.